The van der Waals surface area contributed by atoms with E-state index in [2.05, 4.69) is 9.71 Å². The van der Waals surface area contributed by atoms with Gasteiger partial charge in [0.05, 0.1) is 0 Å². The Morgan fingerprint density at radius 2 is 2.24 bits per heavy atom. The van der Waals surface area contributed by atoms with E-state index < -0.39 is 10.0 Å². The minimum Gasteiger partial charge on any atom is -0.334 e. The van der Waals surface area contributed by atoms with Crippen molar-refractivity contribution >= 4 is 10.0 Å². The van der Waals surface area contributed by atoms with E-state index in [1.807, 2.05) is 13.8 Å². The predicted octanol–water partition coefficient (Wildman–Crippen LogP) is 0.0845. The highest BCUT2D eigenvalue weighted by atomic mass is 32.2. The van der Waals surface area contributed by atoms with Gasteiger partial charge < -0.3 is 10.3 Å². The molecule has 1 aromatic rings. The summed E-state index contributed by atoms with van der Waals surface area (Å²) in [4.78, 5) is 4.04. The van der Waals surface area contributed by atoms with Gasteiger partial charge in [0, 0.05) is 19.3 Å². The Labute approximate surface area is 102 Å². The topological polar surface area (TPSA) is 90.0 Å². The van der Waals surface area contributed by atoms with Crippen molar-refractivity contribution in [3.63, 3.8) is 0 Å². The van der Waals surface area contributed by atoms with Gasteiger partial charge in [-0.3, -0.25) is 0 Å². The molecule has 0 saturated carbocycles. The highest BCUT2D eigenvalue weighted by molar-refractivity contribution is 7.89. The molecule has 3 N–H and O–H groups in total. The fourth-order valence-electron chi connectivity index (χ4n) is 1.34. The van der Waals surface area contributed by atoms with Gasteiger partial charge in [-0.25, -0.2) is 18.1 Å². The molecule has 0 saturated heterocycles. The maximum atomic E-state index is 11.9. The molecule has 7 heteroatoms. The summed E-state index contributed by atoms with van der Waals surface area (Å²) < 4.78 is 28.1. The average Bonchev–Trinajstić information content (AvgIpc) is 2.68. The Kier molecular flexibility index (Phi) is 4.67. The third kappa shape index (κ3) is 3.52. The van der Waals surface area contributed by atoms with Crippen LogP contribution in [0, 0.1) is 12.8 Å². The molecule has 17 heavy (non-hydrogen) atoms. The number of hydrogen-bond donors (Lipinski definition) is 2. The van der Waals surface area contributed by atoms with Crippen LogP contribution in [-0.2, 0) is 16.6 Å². The van der Waals surface area contributed by atoms with Crippen LogP contribution in [0.3, 0.4) is 0 Å². The van der Waals surface area contributed by atoms with Crippen molar-refractivity contribution in [3.8, 4) is 0 Å². The number of sulfonamides is 1. The third-order valence-electron chi connectivity index (χ3n) is 2.59. The molecule has 0 aliphatic heterocycles. The maximum Gasteiger partial charge on any atom is 0.259 e. The first kappa shape index (κ1) is 14.1. The lowest BCUT2D eigenvalue weighted by Crippen LogP contribution is -2.31. The summed E-state index contributed by atoms with van der Waals surface area (Å²) >= 11 is 0. The van der Waals surface area contributed by atoms with E-state index in [4.69, 9.17) is 5.73 Å². The number of aromatic nitrogens is 2. The van der Waals surface area contributed by atoms with Gasteiger partial charge in [-0.2, -0.15) is 0 Å². The van der Waals surface area contributed by atoms with Gasteiger partial charge in [0.25, 0.3) is 10.0 Å². The van der Waals surface area contributed by atoms with Crippen LogP contribution in [0.5, 0.6) is 0 Å². The Morgan fingerprint density at radius 1 is 1.59 bits per heavy atom. The predicted molar refractivity (Wildman–Crippen MR) is 66.0 cm³/mol. The van der Waals surface area contributed by atoms with Crippen LogP contribution in [0.2, 0.25) is 0 Å². The third-order valence-corrected chi connectivity index (χ3v) is 3.89. The number of nitrogens with zero attached hydrogens (tertiary/aromatic N) is 2. The zero-order chi connectivity index (χ0) is 13.1. The van der Waals surface area contributed by atoms with Crippen LogP contribution in [0.25, 0.3) is 0 Å². The summed E-state index contributed by atoms with van der Waals surface area (Å²) in [6, 6.07) is 0. The number of aryl methyl sites for hydroxylation is 2. The minimum absolute atomic E-state index is 0.0704. The second kappa shape index (κ2) is 5.61. The smallest absolute Gasteiger partial charge is 0.259 e. The van der Waals surface area contributed by atoms with Gasteiger partial charge in [0.15, 0.2) is 5.03 Å². The van der Waals surface area contributed by atoms with Crippen molar-refractivity contribution in [2.75, 3.05) is 13.1 Å². The molecule has 0 amide bonds. The van der Waals surface area contributed by atoms with Crippen molar-refractivity contribution in [2.24, 2.45) is 11.7 Å². The standard InChI is InChI=1S/C10H20N4O2S/c1-4-14-7-10(13-9(14)3)17(15,16)12-6-8(2)5-11/h7-8,12H,4-6,11H2,1-3H3. The molecule has 0 aliphatic carbocycles. The van der Waals surface area contributed by atoms with E-state index in [0.29, 0.717) is 25.5 Å². The molecule has 98 valence electrons. The number of hydrogen-bond acceptors (Lipinski definition) is 4. The van der Waals surface area contributed by atoms with E-state index in [-0.39, 0.29) is 10.9 Å². The summed E-state index contributed by atoms with van der Waals surface area (Å²) in [5.41, 5.74) is 5.44. The van der Waals surface area contributed by atoms with Crippen molar-refractivity contribution in [1.29, 1.82) is 0 Å². The van der Waals surface area contributed by atoms with E-state index in [1.54, 1.807) is 17.7 Å². The lowest BCUT2D eigenvalue weighted by Gasteiger charge is -2.08. The molecule has 6 nitrogen and oxygen atoms in total. The molecule has 0 radical (unpaired) electrons. The van der Waals surface area contributed by atoms with Crippen molar-refractivity contribution in [2.45, 2.75) is 32.3 Å². The zero-order valence-corrected chi connectivity index (χ0v) is 11.3. The van der Waals surface area contributed by atoms with Gasteiger partial charge in [-0.15, -0.1) is 0 Å². The van der Waals surface area contributed by atoms with Crippen LogP contribution < -0.4 is 10.5 Å². The molecule has 1 atom stereocenters. The Hall–Kier alpha value is -0.920. The van der Waals surface area contributed by atoms with Gasteiger partial charge in [0.2, 0.25) is 0 Å². The summed E-state index contributed by atoms with van der Waals surface area (Å²) in [5, 5.41) is 0.0704. The molecule has 1 heterocycles. The Morgan fingerprint density at radius 3 is 2.71 bits per heavy atom. The van der Waals surface area contributed by atoms with Gasteiger partial charge in [-0.05, 0) is 26.3 Å². The molecular formula is C10H20N4O2S. The van der Waals surface area contributed by atoms with Gasteiger partial charge in [-0.1, -0.05) is 6.92 Å². The highest BCUT2D eigenvalue weighted by Gasteiger charge is 2.19. The molecular weight excluding hydrogens is 240 g/mol. The number of rotatable bonds is 6. The fraction of sp³-hybridized carbons (Fsp3) is 0.700. The second-order valence-electron chi connectivity index (χ2n) is 4.11. The molecule has 0 aromatic carbocycles. The SMILES string of the molecule is CCn1cc(S(=O)(=O)NCC(C)CN)nc1C. The minimum atomic E-state index is -3.51. The first-order valence-electron chi connectivity index (χ1n) is 5.64. The summed E-state index contributed by atoms with van der Waals surface area (Å²) in [6.07, 6.45) is 1.55. The van der Waals surface area contributed by atoms with Crippen molar-refractivity contribution in [3.05, 3.63) is 12.0 Å². The van der Waals surface area contributed by atoms with E-state index in [9.17, 15) is 8.42 Å². The van der Waals surface area contributed by atoms with E-state index in [1.165, 1.54) is 0 Å². The molecule has 0 bridgehead atoms. The van der Waals surface area contributed by atoms with Gasteiger partial charge in [0.1, 0.15) is 5.82 Å². The highest BCUT2D eigenvalue weighted by Crippen LogP contribution is 2.09. The maximum absolute atomic E-state index is 11.9. The normalized spacial score (nSPS) is 13.9. The fourth-order valence-corrected chi connectivity index (χ4v) is 2.51. The lowest BCUT2D eigenvalue weighted by molar-refractivity contribution is 0.542. The monoisotopic (exact) mass is 260 g/mol. The quantitative estimate of drug-likeness (QED) is 0.758. The number of nitrogens with one attached hydrogen (secondary N) is 1. The van der Waals surface area contributed by atoms with Crippen LogP contribution in [0.1, 0.15) is 19.7 Å². The Bertz CT molecular complexity index is 467. The van der Waals surface area contributed by atoms with E-state index >= 15 is 0 Å². The Balaban J connectivity index is 2.82. The molecule has 1 unspecified atom stereocenters. The summed E-state index contributed by atoms with van der Waals surface area (Å²) in [5.74, 6) is 0.805. The van der Waals surface area contributed by atoms with E-state index in [0.717, 1.165) is 0 Å². The van der Waals surface area contributed by atoms with Crippen LogP contribution >= 0.6 is 0 Å². The molecule has 0 spiro atoms. The van der Waals surface area contributed by atoms with Crippen molar-refractivity contribution in [1.82, 2.24) is 14.3 Å². The summed E-state index contributed by atoms with van der Waals surface area (Å²) in [6.45, 7) is 7.09. The first-order chi connectivity index (χ1) is 7.90. The van der Waals surface area contributed by atoms with Crippen LogP contribution in [-0.4, -0.2) is 31.1 Å². The van der Waals surface area contributed by atoms with Crippen LogP contribution in [0.15, 0.2) is 11.2 Å². The van der Waals surface area contributed by atoms with Crippen molar-refractivity contribution < 1.29 is 8.42 Å². The number of imidazole rings is 1. The molecule has 0 fully saturated rings. The summed E-state index contributed by atoms with van der Waals surface area (Å²) in [7, 11) is -3.51. The number of nitrogens with two attached hydrogens (primary N) is 1. The average molecular weight is 260 g/mol. The second-order valence-corrected chi connectivity index (χ2v) is 5.82. The van der Waals surface area contributed by atoms with Gasteiger partial charge >= 0.3 is 0 Å². The lowest BCUT2D eigenvalue weighted by atomic mass is 10.2. The zero-order valence-electron chi connectivity index (χ0n) is 10.5. The molecule has 1 aromatic heterocycles. The van der Waals surface area contributed by atoms with Crippen LogP contribution in [0.4, 0.5) is 0 Å². The largest absolute Gasteiger partial charge is 0.334 e. The first-order valence-corrected chi connectivity index (χ1v) is 7.12. The molecule has 1 rings (SSSR count). The molecule has 0 aliphatic rings.